The number of likely N-dealkylation sites (N-methyl/N-ethyl adjacent to an activating group) is 1. The second-order valence-corrected chi connectivity index (χ2v) is 6.43. The third-order valence-corrected chi connectivity index (χ3v) is 5.08. The van der Waals surface area contributed by atoms with Crippen LogP contribution < -0.4 is 0 Å². The lowest BCUT2D eigenvalue weighted by Crippen LogP contribution is -2.41. The summed E-state index contributed by atoms with van der Waals surface area (Å²) >= 11 is 1.52. The fourth-order valence-electron chi connectivity index (χ4n) is 2.46. The molecule has 2 rings (SSSR count). The lowest BCUT2D eigenvalue weighted by Gasteiger charge is -2.27. The maximum Gasteiger partial charge on any atom is 0.252 e. The number of carbonyl (C=O) groups excluding carboxylic acids is 1. The summed E-state index contributed by atoms with van der Waals surface area (Å²) in [6.07, 6.45) is -1.07. The summed E-state index contributed by atoms with van der Waals surface area (Å²) in [5.41, 5.74) is 0.953. The average Bonchev–Trinajstić information content (AvgIpc) is 2.61. The summed E-state index contributed by atoms with van der Waals surface area (Å²) < 4.78 is 0. The van der Waals surface area contributed by atoms with Gasteiger partial charge >= 0.3 is 0 Å². The van der Waals surface area contributed by atoms with Gasteiger partial charge in [-0.25, -0.2) is 0 Å². The first-order valence-electron chi connectivity index (χ1n) is 7.90. The van der Waals surface area contributed by atoms with E-state index in [0.717, 1.165) is 10.5 Å². The molecule has 122 valence electrons. The Labute approximate surface area is 142 Å². The Morgan fingerprint density at radius 2 is 1.52 bits per heavy atom. The van der Waals surface area contributed by atoms with Crippen molar-refractivity contribution >= 4 is 17.7 Å². The summed E-state index contributed by atoms with van der Waals surface area (Å²) in [6, 6.07) is 19.6. The van der Waals surface area contributed by atoms with Crippen LogP contribution in [0.25, 0.3) is 0 Å². The van der Waals surface area contributed by atoms with E-state index < -0.39 is 6.10 Å². The maximum absolute atomic E-state index is 12.6. The Balaban J connectivity index is 2.28. The van der Waals surface area contributed by atoms with Crippen molar-refractivity contribution < 1.29 is 9.90 Å². The first kappa shape index (κ1) is 17.6. The third-order valence-electron chi connectivity index (χ3n) is 3.75. The number of benzene rings is 2. The minimum absolute atomic E-state index is 0.215. The number of thioether (sulfide) groups is 1. The normalized spacial score (nSPS) is 13.3. The van der Waals surface area contributed by atoms with E-state index in [4.69, 9.17) is 0 Å². The molecule has 0 bridgehead atoms. The molecule has 3 nitrogen and oxygen atoms in total. The van der Waals surface area contributed by atoms with Crippen LogP contribution in [0.2, 0.25) is 0 Å². The third kappa shape index (κ3) is 4.60. The van der Waals surface area contributed by atoms with Crippen molar-refractivity contribution in [2.24, 2.45) is 0 Å². The van der Waals surface area contributed by atoms with Crippen molar-refractivity contribution in [2.75, 3.05) is 13.1 Å². The van der Waals surface area contributed by atoms with Crippen LogP contribution in [-0.2, 0) is 4.79 Å². The molecule has 0 fully saturated rings. The van der Waals surface area contributed by atoms with E-state index in [1.807, 2.05) is 74.5 Å². The van der Waals surface area contributed by atoms with Crippen LogP contribution in [-0.4, -0.2) is 35.1 Å². The highest BCUT2D eigenvalue weighted by atomic mass is 32.2. The number of aliphatic hydroxyl groups excluding tert-OH is 1. The number of hydrogen-bond acceptors (Lipinski definition) is 3. The molecule has 0 aliphatic heterocycles. The highest BCUT2D eigenvalue weighted by molar-refractivity contribution is 7.99. The minimum Gasteiger partial charge on any atom is -0.382 e. The van der Waals surface area contributed by atoms with Gasteiger partial charge in [-0.15, -0.1) is 11.8 Å². The molecule has 0 saturated heterocycles. The lowest BCUT2D eigenvalue weighted by atomic mass is 10.1. The molecule has 0 spiro atoms. The van der Waals surface area contributed by atoms with Gasteiger partial charge in [-0.3, -0.25) is 4.79 Å². The Kier molecular flexibility index (Phi) is 6.68. The SMILES string of the molecule is CCN(CC)C(=O)[C@@H](O)[C@H](Sc1ccccc1)c1ccccc1. The number of aliphatic hydroxyl groups is 1. The van der Waals surface area contributed by atoms with E-state index in [2.05, 4.69) is 0 Å². The van der Waals surface area contributed by atoms with Crippen LogP contribution in [0.3, 0.4) is 0 Å². The minimum atomic E-state index is -1.07. The van der Waals surface area contributed by atoms with Gasteiger partial charge in [0, 0.05) is 18.0 Å². The van der Waals surface area contributed by atoms with Gasteiger partial charge in [-0.05, 0) is 31.5 Å². The zero-order chi connectivity index (χ0) is 16.7. The van der Waals surface area contributed by atoms with Crippen LogP contribution in [0.4, 0.5) is 0 Å². The van der Waals surface area contributed by atoms with E-state index in [9.17, 15) is 9.90 Å². The van der Waals surface area contributed by atoms with Crippen molar-refractivity contribution in [3.05, 3.63) is 66.2 Å². The molecule has 0 unspecified atom stereocenters. The predicted molar refractivity (Wildman–Crippen MR) is 95.4 cm³/mol. The van der Waals surface area contributed by atoms with Gasteiger partial charge in [0.2, 0.25) is 0 Å². The Bertz CT molecular complexity index is 599. The van der Waals surface area contributed by atoms with Crippen molar-refractivity contribution in [3.63, 3.8) is 0 Å². The first-order chi connectivity index (χ1) is 11.2. The summed E-state index contributed by atoms with van der Waals surface area (Å²) in [6.45, 7) is 5.06. The zero-order valence-electron chi connectivity index (χ0n) is 13.6. The fraction of sp³-hybridized carbons (Fsp3) is 0.316. The van der Waals surface area contributed by atoms with Crippen molar-refractivity contribution in [1.82, 2.24) is 4.90 Å². The molecule has 0 aromatic heterocycles. The van der Waals surface area contributed by atoms with E-state index >= 15 is 0 Å². The number of carbonyl (C=O) groups is 1. The van der Waals surface area contributed by atoms with Gasteiger partial charge in [-0.1, -0.05) is 48.5 Å². The van der Waals surface area contributed by atoms with Crippen LogP contribution in [0.15, 0.2) is 65.6 Å². The molecule has 0 heterocycles. The van der Waals surface area contributed by atoms with E-state index in [1.54, 1.807) is 4.90 Å². The standard InChI is InChI=1S/C19H23NO2S/c1-3-20(4-2)19(22)17(21)18(15-11-7-5-8-12-15)23-16-13-9-6-10-14-16/h5-14,17-18,21H,3-4H2,1-2H3/t17-,18+/m0/s1. The molecular weight excluding hydrogens is 306 g/mol. The molecule has 1 N–H and O–H groups in total. The molecule has 0 radical (unpaired) electrons. The van der Waals surface area contributed by atoms with Crippen molar-refractivity contribution in [3.8, 4) is 0 Å². The second-order valence-electron chi connectivity index (χ2n) is 5.22. The van der Waals surface area contributed by atoms with E-state index in [-0.39, 0.29) is 11.2 Å². The quantitative estimate of drug-likeness (QED) is 0.787. The van der Waals surface area contributed by atoms with Crippen LogP contribution in [0.1, 0.15) is 24.7 Å². The molecule has 2 aromatic rings. The number of rotatable bonds is 7. The average molecular weight is 329 g/mol. The summed E-state index contributed by atoms with van der Waals surface area (Å²) in [5, 5.41) is 10.4. The lowest BCUT2D eigenvalue weighted by molar-refractivity contribution is -0.139. The Morgan fingerprint density at radius 3 is 2.04 bits per heavy atom. The highest BCUT2D eigenvalue weighted by Crippen LogP contribution is 2.38. The Hall–Kier alpha value is -1.78. The Morgan fingerprint density at radius 1 is 1.00 bits per heavy atom. The molecule has 4 heteroatoms. The molecule has 1 amide bonds. The molecule has 0 saturated carbocycles. The topological polar surface area (TPSA) is 40.5 Å². The maximum atomic E-state index is 12.6. The number of nitrogens with zero attached hydrogens (tertiary/aromatic N) is 1. The van der Waals surface area contributed by atoms with Gasteiger partial charge < -0.3 is 10.0 Å². The largest absolute Gasteiger partial charge is 0.382 e. The molecule has 0 aliphatic rings. The van der Waals surface area contributed by atoms with Crippen LogP contribution >= 0.6 is 11.8 Å². The molecule has 0 aliphatic carbocycles. The number of hydrogen-bond donors (Lipinski definition) is 1. The van der Waals surface area contributed by atoms with Gasteiger partial charge in [0.15, 0.2) is 0 Å². The fourth-order valence-corrected chi connectivity index (χ4v) is 3.60. The second kappa shape index (κ2) is 8.75. The van der Waals surface area contributed by atoms with Gasteiger partial charge in [0.05, 0.1) is 5.25 Å². The van der Waals surface area contributed by atoms with Crippen LogP contribution in [0.5, 0.6) is 0 Å². The predicted octanol–water partition coefficient (Wildman–Crippen LogP) is 3.75. The van der Waals surface area contributed by atoms with Crippen molar-refractivity contribution in [1.29, 1.82) is 0 Å². The van der Waals surface area contributed by atoms with Gasteiger partial charge in [0.25, 0.3) is 5.91 Å². The van der Waals surface area contributed by atoms with Gasteiger partial charge in [0.1, 0.15) is 6.10 Å². The summed E-state index contributed by atoms with van der Waals surface area (Å²) in [7, 11) is 0. The van der Waals surface area contributed by atoms with Gasteiger partial charge in [-0.2, -0.15) is 0 Å². The van der Waals surface area contributed by atoms with Crippen molar-refractivity contribution in [2.45, 2.75) is 30.1 Å². The molecule has 23 heavy (non-hydrogen) atoms. The summed E-state index contributed by atoms with van der Waals surface area (Å²) in [4.78, 5) is 15.3. The molecule has 2 atom stereocenters. The van der Waals surface area contributed by atoms with Crippen LogP contribution in [0, 0.1) is 0 Å². The van der Waals surface area contributed by atoms with E-state index in [1.165, 1.54) is 11.8 Å². The smallest absolute Gasteiger partial charge is 0.252 e. The zero-order valence-corrected chi connectivity index (χ0v) is 14.4. The molecule has 2 aromatic carbocycles. The highest BCUT2D eigenvalue weighted by Gasteiger charge is 2.30. The van der Waals surface area contributed by atoms with E-state index in [0.29, 0.717) is 13.1 Å². The molecular formula is C19H23NO2S. The summed E-state index contributed by atoms with van der Waals surface area (Å²) in [5.74, 6) is -0.215. The first-order valence-corrected chi connectivity index (χ1v) is 8.78. The monoisotopic (exact) mass is 329 g/mol. The number of amides is 1.